The Hall–Kier alpha value is -2.34. The summed E-state index contributed by atoms with van der Waals surface area (Å²) in [6.07, 6.45) is 0.337. The molecule has 0 unspecified atom stereocenters. The van der Waals surface area contributed by atoms with Crippen molar-refractivity contribution in [2.45, 2.75) is 0 Å². The highest BCUT2D eigenvalue weighted by Gasteiger charge is 2.15. The second-order valence-electron chi connectivity index (χ2n) is 3.96. The van der Waals surface area contributed by atoms with Gasteiger partial charge in [-0.3, -0.25) is 4.90 Å². The van der Waals surface area contributed by atoms with Crippen LogP contribution in [0.2, 0.25) is 5.02 Å². The molecule has 2 aromatic rings. The van der Waals surface area contributed by atoms with Crippen LogP contribution in [0.15, 0.2) is 36.5 Å². The highest BCUT2D eigenvalue weighted by molar-refractivity contribution is 6.33. The number of hydrogen-bond donors (Lipinski definition) is 2. The molecule has 2 N–H and O–H groups in total. The third-order valence-corrected chi connectivity index (χ3v) is 2.92. The quantitative estimate of drug-likeness (QED) is 0.905. The zero-order valence-corrected chi connectivity index (χ0v) is 11.2. The zero-order chi connectivity index (χ0) is 14.7. The van der Waals surface area contributed by atoms with Crippen LogP contribution in [-0.4, -0.2) is 23.2 Å². The number of nitrogens with one attached hydrogen (secondary N) is 1. The standard InChI is InChI=1S/C13H11ClFN3O2/c1-18(13(19)20)11-7-8(15)4-5-10(11)17-12-9(14)3-2-6-16-12/h2-7H,1H3,(H,16,17)(H,19,20). The van der Waals surface area contributed by atoms with Crippen LogP contribution in [0.3, 0.4) is 0 Å². The fraction of sp³-hybridized carbons (Fsp3) is 0.0769. The minimum absolute atomic E-state index is 0.166. The van der Waals surface area contributed by atoms with Crippen LogP contribution in [0.5, 0.6) is 0 Å². The van der Waals surface area contributed by atoms with Gasteiger partial charge in [0.25, 0.3) is 0 Å². The fourth-order valence-electron chi connectivity index (χ4n) is 1.60. The first kappa shape index (κ1) is 14.1. The van der Waals surface area contributed by atoms with E-state index in [1.54, 1.807) is 18.3 Å². The maximum absolute atomic E-state index is 13.3. The summed E-state index contributed by atoms with van der Waals surface area (Å²) in [7, 11) is 1.32. The Balaban J connectivity index is 2.42. The molecule has 0 saturated heterocycles. The predicted molar refractivity (Wildman–Crippen MR) is 75.4 cm³/mol. The van der Waals surface area contributed by atoms with Gasteiger partial charge in [0.2, 0.25) is 0 Å². The van der Waals surface area contributed by atoms with Gasteiger partial charge in [-0.05, 0) is 30.3 Å². The van der Waals surface area contributed by atoms with E-state index >= 15 is 0 Å². The largest absolute Gasteiger partial charge is 0.465 e. The first-order chi connectivity index (χ1) is 9.49. The molecule has 7 heteroatoms. The predicted octanol–water partition coefficient (Wildman–Crippen LogP) is 3.73. The third kappa shape index (κ3) is 2.97. The van der Waals surface area contributed by atoms with E-state index in [1.165, 1.54) is 19.2 Å². The number of amides is 1. The number of pyridine rings is 1. The van der Waals surface area contributed by atoms with Gasteiger partial charge in [-0.25, -0.2) is 14.2 Å². The van der Waals surface area contributed by atoms with Crippen LogP contribution in [0.4, 0.5) is 26.4 Å². The van der Waals surface area contributed by atoms with Crippen molar-refractivity contribution >= 4 is 34.9 Å². The van der Waals surface area contributed by atoms with Crippen molar-refractivity contribution in [3.05, 3.63) is 47.4 Å². The second-order valence-corrected chi connectivity index (χ2v) is 4.37. The van der Waals surface area contributed by atoms with Crippen molar-refractivity contribution in [1.82, 2.24) is 4.98 Å². The lowest BCUT2D eigenvalue weighted by atomic mass is 10.2. The molecule has 0 radical (unpaired) electrons. The summed E-state index contributed by atoms with van der Waals surface area (Å²) in [5.74, 6) is -0.174. The second kappa shape index (κ2) is 5.75. The molecular weight excluding hydrogens is 285 g/mol. The monoisotopic (exact) mass is 295 g/mol. The van der Waals surface area contributed by atoms with E-state index in [4.69, 9.17) is 16.7 Å². The Bertz CT molecular complexity index is 651. The van der Waals surface area contributed by atoms with Gasteiger partial charge in [0.15, 0.2) is 0 Å². The minimum Gasteiger partial charge on any atom is -0.465 e. The number of benzene rings is 1. The van der Waals surface area contributed by atoms with Crippen LogP contribution in [0, 0.1) is 5.82 Å². The number of carbonyl (C=O) groups is 1. The maximum Gasteiger partial charge on any atom is 0.411 e. The number of hydrogen-bond acceptors (Lipinski definition) is 3. The van der Waals surface area contributed by atoms with Gasteiger partial charge < -0.3 is 10.4 Å². The zero-order valence-electron chi connectivity index (χ0n) is 10.5. The van der Waals surface area contributed by atoms with E-state index in [-0.39, 0.29) is 5.69 Å². The van der Waals surface area contributed by atoms with Gasteiger partial charge in [-0.2, -0.15) is 0 Å². The average Bonchev–Trinajstić information content (AvgIpc) is 2.42. The van der Waals surface area contributed by atoms with Gasteiger partial charge in [0.1, 0.15) is 11.6 Å². The molecule has 0 fully saturated rings. The van der Waals surface area contributed by atoms with E-state index < -0.39 is 11.9 Å². The lowest BCUT2D eigenvalue weighted by Gasteiger charge is -2.18. The van der Waals surface area contributed by atoms with E-state index in [9.17, 15) is 9.18 Å². The molecule has 1 amide bonds. The summed E-state index contributed by atoms with van der Waals surface area (Å²) < 4.78 is 13.3. The molecule has 1 heterocycles. The fourth-order valence-corrected chi connectivity index (χ4v) is 1.77. The summed E-state index contributed by atoms with van der Waals surface area (Å²) in [5, 5.41) is 12.3. The number of rotatable bonds is 3. The van der Waals surface area contributed by atoms with E-state index in [2.05, 4.69) is 10.3 Å². The van der Waals surface area contributed by atoms with Crippen LogP contribution in [0.1, 0.15) is 0 Å². The Morgan fingerprint density at radius 1 is 1.45 bits per heavy atom. The summed E-state index contributed by atoms with van der Waals surface area (Å²) in [6.45, 7) is 0. The molecule has 0 aliphatic heterocycles. The first-order valence-corrected chi connectivity index (χ1v) is 6.00. The molecule has 20 heavy (non-hydrogen) atoms. The van der Waals surface area contributed by atoms with Crippen LogP contribution < -0.4 is 10.2 Å². The Morgan fingerprint density at radius 2 is 2.20 bits per heavy atom. The lowest BCUT2D eigenvalue weighted by Crippen LogP contribution is -2.24. The molecule has 1 aromatic heterocycles. The van der Waals surface area contributed by atoms with Crippen LogP contribution >= 0.6 is 11.6 Å². The highest BCUT2D eigenvalue weighted by Crippen LogP contribution is 2.30. The molecule has 0 aliphatic rings. The van der Waals surface area contributed by atoms with E-state index in [0.29, 0.717) is 16.5 Å². The van der Waals surface area contributed by atoms with Gasteiger partial charge in [0, 0.05) is 13.2 Å². The molecule has 0 spiro atoms. The van der Waals surface area contributed by atoms with Gasteiger partial charge in [-0.15, -0.1) is 0 Å². The van der Waals surface area contributed by atoms with Crippen molar-refractivity contribution in [2.75, 3.05) is 17.3 Å². The molecule has 0 aliphatic carbocycles. The number of aromatic nitrogens is 1. The Labute approximate surface area is 119 Å². The van der Waals surface area contributed by atoms with E-state index in [1.807, 2.05) is 0 Å². The number of anilines is 3. The van der Waals surface area contributed by atoms with Crippen LogP contribution in [-0.2, 0) is 0 Å². The highest BCUT2D eigenvalue weighted by atomic mass is 35.5. The first-order valence-electron chi connectivity index (χ1n) is 5.63. The van der Waals surface area contributed by atoms with Crippen molar-refractivity contribution in [1.29, 1.82) is 0 Å². The number of carboxylic acid groups (broad SMARTS) is 1. The van der Waals surface area contributed by atoms with Crippen LogP contribution in [0.25, 0.3) is 0 Å². The van der Waals surface area contributed by atoms with Crippen molar-refractivity contribution in [3.63, 3.8) is 0 Å². The molecular formula is C13H11ClFN3O2. The summed E-state index contributed by atoms with van der Waals surface area (Å²) in [6, 6.07) is 7.07. The Kier molecular flexibility index (Phi) is 4.05. The van der Waals surface area contributed by atoms with Gasteiger partial charge >= 0.3 is 6.09 Å². The van der Waals surface area contributed by atoms with Gasteiger partial charge in [-0.1, -0.05) is 11.6 Å². The number of nitrogens with zero attached hydrogens (tertiary/aromatic N) is 2. The molecule has 1 aromatic carbocycles. The number of halogens is 2. The molecule has 2 rings (SSSR count). The van der Waals surface area contributed by atoms with E-state index in [0.717, 1.165) is 11.0 Å². The lowest BCUT2D eigenvalue weighted by molar-refractivity contribution is 0.203. The smallest absolute Gasteiger partial charge is 0.411 e. The minimum atomic E-state index is -1.20. The average molecular weight is 296 g/mol. The molecule has 0 bridgehead atoms. The summed E-state index contributed by atoms with van der Waals surface area (Å²) in [5.41, 5.74) is 0.552. The van der Waals surface area contributed by atoms with Crippen molar-refractivity contribution < 1.29 is 14.3 Å². The van der Waals surface area contributed by atoms with Gasteiger partial charge in [0.05, 0.1) is 16.4 Å². The molecule has 0 saturated carbocycles. The molecule has 0 atom stereocenters. The third-order valence-electron chi connectivity index (χ3n) is 2.62. The Morgan fingerprint density at radius 3 is 2.85 bits per heavy atom. The normalized spacial score (nSPS) is 10.2. The topological polar surface area (TPSA) is 65.5 Å². The summed E-state index contributed by atoms with van der Waals surface area (Å²) in [4.78, 5) is 16.0. The SMILES string of the molecule is CN(C(=O)O)c1cc(F)ccc1Nc1ncccc1Cl. The molecule has 104 valence electrons. The summed E-state index contributed by atoms with van der Waals surface area (Å²) >= 11 is 5.97. The van der Waals surface area contributed by atoms with Crippen molar-refractivity contribution in [3.8, 4) is 0 Å². The van der Waals surface area contributed by atoms with Crippen molar-refractivity contribution in [2.24, 2.45) is 0 Å². The molecule has 5 nitrogen and oxygen atoms in total. The maximum atomic E-state index is 13.3.